The molecule has 5 rings (SSSR count). The van der Waals surface area contributed by atoms with Gasteiger partial charge in [-0.2, -0.15) is 4.98 Å². The lowest BCUT2D eigenvalue weighted by atomic mass is 9.94. The summed E-state index contributed by atoms with van der Waals surface area (Å²) in [5.74, 6) is 1.00. The van der Waals surface area contributed by atoms with E-state index >= 15 is 0 Å². The number of aryl methyl sites for hydroxylation is 2. The van der Waals surface area contributed by atoms with Gasteiger partial charge in [0, 0.05) is 22.0 Å². The molecule has 34 heavy (non-hydrogen) atoms. The topological polar surface area (TPSA) is 54.2 Å². The van der Waals surface area contributed by atoms with Crippen LogP contribution in [0.5, 0.6) is 0 Å². The van der Waals surface area contributed by atoms with E-state index < -0.39 is 0 Å². The van der Waals surface area contributed by atoms with Crippen LogP contribution in [0, 0.1) is 13.8 Å². The van der Waals surface area contributed by atoms with Gasteiger partial charge in [-0.15, -0.1) is 0 Å². The van der Waals surface area contributed by atoms with Crippen molar-refractivity contribution >= 4 is 40.2 Å². The molecule has 0 saturated heterocycles. The van der Waals surface area contributed by atoms with E-state index in [1.807, 2.05) is 86.3 Å². The number of benzene rings is 3. The van der Waals surface area contributed by atoms with Crippen LogP contribution in [0.4, 0.5) is 5.69 Å². The number of rotatable bonds is 4. The highest BCUT2D eigenvalue weighted by Crippen LogP contribution is 2.39. The normalized spacial score (nSPS) is 16.1. The number of allylic oxidation sites excluding steroid dienone is 1. The van der Waals surface area contributed by atoms with Gasteiger partial charge in [0.1, 0.15) is 0 Å². The Kier molecular flexibility index (Phi) is 5.94. The molecule has 0 aliphatic carbocycles. The van der Waals surface area contributed by atoms with Gasteiger partial charge in [-0.3, -0.25) is 4.90 Å². The Hall–Kier alpha value is -3.48. The molecular weight excluding hydrogens is 464 g/mol. The molecule has 1 aromatic heterocycles. The smallest absolute Gasteiger partial charge is 0.258 e. The fraction of sp³-hybridized carbons (Fsp3) is 0.148. The van der Waals surface area contributed by atoms with Crippen molar-refractivity contribution in [2.45, 2.75) is 26.8 Å². The molecule has 170 valence electrons. The molecule has 0 spiro atoms. The number of thiocarbonyl (C=S) groups is 1. The Bertz CT molecular complexity index is 1410. The fourth-order valence-electron chi connectivity index (χ4n) is 4.23. The van der Waals surface area contributed by atoms with Gasteiger partial charge >= 0.3 is 0 Å². The molecule has 1 atom stereocenters. The van der Waals surface area contributed by atoms with Crippen LogP contribution in [-0.4, -0.2) is 15.3 Å². The van der Waals surface area contributed by atoms with Gasteiger partial charge in [0.15, 0.2) is 5.11 Å². The largest absolute Gasteiger partial charge is 0.351 e. The maximum atomic E-state index is 6.28. The van der Waals surface area contributed by atoms with Gasteiger partial charge in [0.25, 0.3) is 5.89 Å². The maximum Gasteiger partial charge on any atom is 0.258 e. The second-order valence-electron chi connectivity index (χ2n) is 8.35. The Labute approximate surface area is 209 Å². The van der Waals surface area contributed by atoms with Gasteiger partial charge in [-0.1, -0.05) is 70.9 Å². The van der Waals surface area contributed by atoms with Crippen LogP contribution >= 0.6 is 23.8 Å². The molecule has 0 radical (unpaired) electrons. The molecule has 0 fully saturated rings. The number of aromatic nitrogens is 2. The minimum Gasteiger partial charge on any atom is -0.351 e. The third-order valence-electron chi connectivity index (χ3n) is 5.95. The Balaban J connectivity index is 1.66. The van der Waals surface area contributed by atoms with Crippen LogP contribution in [0.1, 0.15) is 35.5 Å². The summed E-state index contributed by atoms with van der Waals surface area (Å²) < 4.78 is 5.83. The zero-order valence-corrected chi connectivity index (χ0v) is 20.6. The lowest BCUT2D eigenvalue weighted by Gasteiger charge is -2.37. The van der Waals surface area contributed by atoms with Crippen molar-refractivity contribution in [1.29, 1.82) is 0 Å². The molecule has 3 aromatic carbocycles. The standard InChI is InChI=1S/C27H23ClN4OS/c1-16-8-7-11-20(14-16)25-30-26(33-31-25)23-18(3)32(21-12-13-22(28)17(2)15-21)27(34)29-24(23)19-9-5-4-6-10-19/h4-15,24H,1-3H3,(H,29,34). The first-order chi connectivity index (χ1) is 16.4. The highest BCUT2D eigenvalue weighted by Gasteiger charge is 2.34. The predicted molar refractivity (Wildman–Crippen MR) is 141 cm³/mol. The number of hydrogen-bond acceptors (Lipinski definition) is 4. The third-order valence-corrected chi connectivity index (χ3v) is 6.67. The lowest BCUT2D eigenvalue weighted by molar-refractivity contribution is 0.404. The van der Waals surface area contributed by atoms with Crippen molar-refractivity contribution in [3.63, 3.8) is 0 Å². The number of anilines is 1. The minimum absolute atomic E-state index is 0.232. The van der Waals surface area contributed by atoms with Gasteiger partial charge in [0.2, 0.25) is 5.82 Å². The second kappa shape index (κ2) is 9.05. The second-order valence-corrected chi connectivity index (χ2v) is 9.15. The molecule has 0 bridgehead atoms. The molecule has 4 aromatic rings. The van der Waals surface area contributed by atoms with Crippen LogP contribution in [0.3, 0.4) is 0 Å². The van der Waals surface area contributed by atoms with E-state index in [2.05, 4.69) is 22.6 Å². The van der Waals surface area contributed by atoms with Crippen LogP contribution in [0.15, 0.2) is 83.0 Å². The highest BCUT2D eigenvalue weighted by molar-refractivity contribution is 7.80. The molecule has 1 unspecified atom stereocenters. The molecule has 1 aliphatic heterocycles. The van der Waals surface area contributed by atoms with Crippen LogP contribution < -0.4 is 10.2 Å². The van der Waals surface area contributed by atoms with Crippen molar-refractivity contribution in [2.75, 3.05) is 4.90 Å². The number of halogens is 1. The molecule has 1 aliphatic rings. The molecular formula is C27H23ClN4OS. The van der Waals surface area contributed by atoms with Gasteiger partial charge in [-0.05, 0) is 68.4 Å². The van der Waals surface area contributed by atoms with E-state index in [1.165, 1.54) is 0 Å². The van der Waals surface area contributed by atoms with Crippen molar-refractivity contribution in [2.24, 2.45) is 0 Å². The first-order valence-electron chi connectivity index (χ1n) is 11.0. The minimum atomic E-state index is -0.232. The first-order valence-corrected chi connectivity index (χ1v) is 11.7. The van der Waals surface area contributed by atoms with Crippen molar-refractivity contribution in [1.82, 2.24) is 15.5 Å². The Morgan fingerprint density at radius 2 is 1.76 bits per heavy atom. The number of hydrogen-bond donors (Lipinski definition) is 1. The molecule has 0 amide bonds. The summed E-state index contributed by atoms with van der Waals surface area (Å²) in [6.45, 7) is 6.05. The van der Waals surface area contributed by atoms with Crippen LogP contribution in [0.2, 0.25) is 5.02 Å². The van der Waals surface area contributed by atoms with Crippen molar-refractivity contribution in [3.05, 3.63) is 106 Å². The van der Waals surface area contributed by atoms with Gasteiger partial charge in [-0.25, -0.2) is 0 Å². The summed E-state index contributed by atoms with van der Waals surface area (Å²) in [6.07, 6.45) is 0. The van der Waals surface area contributed by atoms with E-state index in [-0.39, 0.29) is 6.04 Å². The SMILES string of the molecule is CC1=C(c2nc(-c3cccc(C)c3)no2)C(c2ccccc2)NC(=S)N1c1ccc(Cl)c(C)c1. The molecule has 5 nitrogen and oxygen atoms in total. The van der Waals surface area contributed by atoms with Gasteiger partial charge < -0.3 is 9.84 Å². The highest BCUT2D eigenvalue weighted by atomic mass is 35.5. The van der Waals surface area contributed by atoms with E-state index in [1.54, 1.807) is 0 Å². The van der Waals surface area contributed by atoms with E-state index in [0.29, 0.717) is 21.9 Å². The quantitative estimate of drug-likeness (QED) is 0.317. The van der Waals surface area contributed by atoms with Gasteiger partial charge in [0.05, 0.1) is 11.6 Å². The third kappa shape index (κ3) is 4.11. The zero-order chi connectivity index (χ0) is 23.8. The molecule has 0 saturated carbocycles. The van der Waals surface area contributed by atoms with Crippen LogP contribution in [-0.2, 0) is 0 Å². The average Bonchev–Trinajstić information content (AvgIpc) is 3.31. The van der Waals surface area contributed by atoms with Crippen molar-refractivity contribution < 1.29 is 4.52 Å². The summed E-state index contributed by atoms with van der Waals surface area (Å²) >= 11 is 12.1. The fourth-order valence-corrected chi connectivity index (χ4v) is 4.71. The molecule has 2 heterocycles. The number of nitrogens with one attached hydrogen (secondary N) is 1. The van der Waals surface area contributed by atoms with E-state index in [4.69, 9.17) is 33.3 Å². The molecule has 1 N–H and O–H groups in total. The lowest BCUT2D eigenvalue weighted by Crippen LogP contribution is -2.46. The summed E-state index contributed by atoms with van der Waals surface area (Å²) in [7, 11) is 0. The summed E-state index contributed by atoms with van der Waals surface area (Å²) in [5, 5.41) is 9.09. The number of nitrogens with zero attached hydrogens (tertiary/aromatic N) is 3. The van der Waals surface area contributed by atoms with E-state index in [9.17, 15) is 0 Å². The average molecular weight is 487 g/mol. The Morgan fingerprint density at radius 1 is 0.971 bits per heavy atom. The van der Waals surface area contributed by atoms with Crippen LogP contribution in [0.25, 0.3) is 17.0 Å². The summed E-state index contributed by atoms with van der Waals surface area (Å²) in [6, 6.07) is 23.8. The Morgan fingerprint density at radius 3 is 2.50 bits per heavy atom. The monoisotopic (exact) mass is 486 g/mol. The van der Waals surface area contributed by atoms with E-state index in [0.717, 1.165) is 39.2 Å². The summed E-state index contributed by atoms with van der Waals surface area (Å²) in [4.78, 5) is 6.78. The van der Waals surface area contributed by atoms with Crippen molar-refractivity contribution in [3.8, 4) is 11.4 Å². The zero-order valence-electron chi connectivity index (χ0n) is 19.0. The first kappa shape index (κ1) is 22.3. The maximum absolute atomic E-state index is 6.28. The molecule has 7 heteroatoms. The summed E-state index contributed by atoms with van der Waals surface area (Å²) in [5.41, 5.74) is 6.78. The predicted octanol–water partition coefficient (Wildman–Crippen LogP) is 6.87.